The summed E-state index contributed by atoms with van der Waals surface area (Å²) in [5.74, 6) is -3.14. The van der Waals surface area contributed by atoms with Crippen molar-refractivity contribution in [2.75, 3.05) is 0 Å². The van der Waals surface area contributed by atoms with Gasteiger partial charge in [-0.1, -0.05) is 0 Å². The van der Waals surface area contributed by atoms with Crippen molar-refractivity contribution in [1.82, 2.24) is 5.32 Å². The molecule has 1 aromatic rings. The molecule has 1 rings (SSSR count). The normalized spacial score (nSPS) is 15.2. The fraction of sp³-hybridized carbons (Fsp3) is 0.273. The maximum atomic E-state index is 12.6. The number of nitrogens with one attached hydrogen (secondary N) is 1. The van der Waals surface area contributed by atoms with Gasteiger partial charge in [0.15, 0.2) is 0 Å². The van der Waals surface area contributed by atoms with Gasteiger partial charge in [-0.05, 0) is 25.1 Å². The van der Waals surface area contributed by atoms with E-state index in [2.05, 4.69) is 0 Å². The molecule has 1 aromatic heterocycles. The van der Waals surface area contributed by atoms with Gasteiger partial charge in [0.1, 0.15) is 5.76 Å². The second-order valence-electron chi connectivity index (χ2n) is 3.77. The summed E-state index contributed by atoms with van der Waals surface area (Å²) in [6, 6.07) is 3.00. The minimum absolute atomic E-state index is 0.249. The number of rotatable bonds is 4. The number of furan rings is 1. The number of aliphatic carboxylic acids is 1. The molecule has 1 unspecified atom stereocenters. The molecule has 19 heavy (non-hydrogen) atoms. The van der Waals surface area contributed by atoms with E-state index in [1.807, 2.05) is 0 Å². The predicted molar refractivity (Wildman–Crippen MR) is 58.0 cm³/mol. The number of carboxylic acids is 1. The molecule has 1 heterocycles. The molecule has 8 heteroatoms. The molecule has 5 nitrogen and oxygen atoms in total. The van der Waals surface area contributed by atoms with Crippen LogP contribution in [0.5, 0.6) is 0 Å². The summed E-state index contributed by atoms with van der Waals surface area (Å²) in [6.45, 7) is 0.369. The number of carbonyl (C=O) groups is 2. The van der Waals surface area contributed by atoms with Crippen LogP contribution in [0.4, 0.5) is 13.2 Å². The molecule has 0 bridgehead atoms. The Labute approximate surface area is 105 Å². The Morgan fingerprint density at radius 2 is 2.05 bits per heavy atom. The zero-order chi connectivity index (χ0) is 14.7. The van der Waals surface area contributed by atoms with Crippen LogP contribution in [0.1, 0.15) is 12.7 Å². The lowest BCUT2D eigenvalue weighted by Gasteiger charge is -2.27. The van der Waals surface area contributed by atoms with Gasteiger partial charge in [0.2, 0.25) is 11.4 Å². The summed E-state index contributed by atoms with van der Waals surface area (Å²) in [7, 11) is 0. The van der Waals surface area contributed by atoms with E-state index in [4.69, 9.17) is 9.52 Å². The highest BCUT2D eigenvalue weighted by Crippen LogP contribution is 2.30. The molecule has 0 saturated heterocycles. The van der Waals surface area contributed by atoms with Crippen LogP contribution in [0.2, 0.25) is 0 Å². The fourth-order valence-corrected chi connectivity index (χ4v) is 1.08. The molecular weight excluding hydrogens is 267 g/mol. The molecule has 0 saturated carbocycles. The van der Waals surface area contributed by atoms with Crippen LogP contribution in [0.25, 0.3) is 6.08 Å². The smallest absolute Gasteiger partial charge is 0.422 e. The van der Waals surface area contributed by atoms with E-state index in [9.17, 15) is 22.8 Å². The minimum atomic E-state index is -5.12. The molecule has 0 spiro atoms. The standard InChI is InChI=1S/C11H10F3NO4/c1-10(9(17)18,11(12,13)14)15-8(16)5-4-7-3-2-6-19-7/h2-6H,1H3,(H,15,16)(H,17,18). The largest absolute Gasteiger partial charge is 0.479 e. The fourth-order valence-electron chi connectivity index (χ4n) is 1.08. The molecule has 0 aliphatic rings. The topological polar surface area (TPSA) is 79.5 Å². The number of alkyl halides is 3. The van der Waals surface area contributed by atoms with E-state index in [1.165, 1.54) is 23.7 Å². The van der Waals surface area contributed by atoms with E-state index in [0.717, 1.165) is 12.2 Å². The molecule has 0 aliphatic carbocycles. The Morgan fingerprint density at radius 1 is 1.42 bits per heavy atom. The SMILES string of the molecule is CC(NC(=O)C=Cc1ccco1)(C(=O)O)C(F)(F)F. The van der Waals surface area contributed by atoms with Gasteiger partial charge in [-0.2, -0.15) is 13.2 Å². The van der Waals surface area contributed by atoms with Gasteiger partial charge >= 0.3 is 12.1 Å². The molecule has 2 N–H and O–H groups in total. The van der Waals surface area contributed by atoms with Crippen molar-refractivity contribution in [3.63, 3.8) is 0 Å². The molecule has 0 radical (unpaired) electrons. The van der Waals surface area contributed by atoms with Crippen LogP contribution in [-0.4, -0.2) is 28.7 Å². The molecule has 104 valence electrons. The summed E-state index contributed by atoms with van der Waals surface area (Å²) < 4.78 is 42.6. The third-order valence-corrected chi connectivity index (χ3v) is 2.31. The first kappa shape index (κ1) is 14.8. The second-order valence-corrected chi connectivity index (χ2v) is 3.77. The summed E-state index contributed by atoms with van der Waals surface area (Å²) in [6.07, 6.45) is -1.93. The third-order valence-electron chi connectivity index (χ3n) is 2.31. The number of carboxylic acid groups (broad SMARTS) is 1. The quantitative estimate of drug-likeness (QED) is 0.823. The summed E-state index contributed by atoms with van der Waals surface area (Å²) in [4.78, 5) is 22.0. The van der Waals surface area contributed by atoms with Gasteiger partial charge in [-0.3, -0.25) is 4.79 Å². The van der Waals surface area contributed by atoms with Crippen molar-refractivity contribution in [3.05, 3.63) is 30.2 Å². The first-order chi connectivity index (χ1) is 8.67. The van der Waals surface area contributed by atoms with Crippen molar-refractivity contribution in [2.24, 2.45) is 0 Å². The molecule has 0 fully saturated rings. The maximum Gasteiger partial charge on any atom is 0.422 e. The Balaban J connectivity index is 2.81. The lowest BCUT2D eigenvalue weighted by atomic mass is 10.0. The van der Waals surface area contributed by atoms with Crippen LogP contribution < -0.4 is 5.32 Å². The zero-order valence-electron chi connectivity index (χ0n) is 9.69. The van der Waals surface area contributed by atoms with Crippen molar-refractivity contribution in [2.45, 2.75) is 18.6 Å². The maximum absolute atomic E-state index is 12.6. The Morgan fingerprint density at radius 3 is 2.47 bits per heavy atom. The number of carbonyl (C=O) groups excluding carboxylic acids is 1. The van der Waals surface area contributed by atoms with Gasteiger partial charge in [0, 0.05) is 6.08 Å². The monoisotopic (exact) mass is 277 g/mol. The van der Waals surface area contributed by atoms with E-state index in [1.54, 1.807) is 0 Å². The van der Waals surface area contributed by atoms with Gasteiger partial charge < -0.3 is 14.8 Å². The minimum Gasteiger partial charge on any atom is -0.479 e. The van der Waals surface area contributed by atoms with Crippen molar-refractivity contribution in [3.8, 4) is 0 Å². The van der Waals surface area contributed by atoms with E-state index < -0.39 is 23.6 Å². The second kappa shape index (κ2) is 5.17. The number of halogens is 3. The van der Waals surface area contributed by atoms with Gasteiger partial charge in [-0.15, -0.1) is 0 Å². The molecule has 0 aromatic carbocycles. The van der Waals surface area contributed by atoms with Gasteiger partial charge in [-0.25, -0.2) is 4.79 Å². The Hall–Kier alpha value is -2.25. The Bertz CT molecular complexity index is 493. The first-order valence-electron chi connectivity index (χ1n) is 5.00. The number of hydrogen-bond acceptors (Lipinski definition) is 3. The Kier molecular flexibility index (Phi) is 4.03. The van der Waals surface area contributed by atoms with Crippen LogP contribution in [0.3, 0.4) is 0 Å². The zero-order valence-corrected chi connectivity index (χ0v) is 9.69. The van der Waals surface area contributed by atoms with Gasteiger partial charge in [0.25, 0.3) is 0 Å². The van der Waals surface area contributed by atoms with E-state index in [0.29, 0.717) is 6.92 Å². The predicted octanol–water partition coefficient (Wildman–Crippen LogP) is 1.81. The van der Waals surface area contributed by atoms with E-state index in [-0.39, 0.29) is 5.76 Å². The molecule has 1 atom stereocenters. The lowest BCUT2D eigenvalue weighted by molar-refractivity contribution is -0.206. The molecular formula is C11H10F3NO4. The van der Waals surface area contributed by atoms with Crippen molar-refractivity contribution >= 4 is 18.0 Å². The van der Waals surface area contributed by atoms with Gasteiger partial charge in [0.05, 0.1) is 6.26 Å². The molecule has 0 aliphatic heterocycles. The number of hydrogen-bond donors (Lipinski definition) is 2. The van der Waals surface area contributed by atoms with Crippen molar-refractivity contribution in [1.29, 1.82) is 0 Å². The van der Waals surface area contributed by atoms with Crippen LogP contribution in [0, 0.1) is 0 Å². The van der Waals surface area contributed by atoms with Crippen molar-refractivity contribution < 1.29 is 32.3 Å². The third kappa shape index (κ3) is 3.36. The lowest BCUT2D eigenvalue weighted by Crippen LogP contribution is -2.61. The highest BCUT2D eigenvalue weighted by Gasteiger charge is 2.58. The average molecular weight is 277 g/mol. The van der Waals surface area contributed by atoms with Crippen LogP contribution >= 0.6 is 0 Å². The summed E-state index contributed by atoms with van der Waals surface area (Å²) >= 11 is 0. The number of amides is 1. The highest BCUT2D eigenvalue weighted by atomic mass is 19.4. The van der Waals surface area contributed by atoms with Crippen LogP contribution in [-0.2, 0) is 9.59 Å². The summed E-state index contributed by atoms with van der Waals surface area (Å²) in [5, 5.41) is 10.00. The highest BCUT2D eigenvalue weighted by molar-refractivity contribution is 5.95. The first-order valence-corrected chi connectivity index (χ1v) is 5.00. The summed E-state index contributed by atoms with van der Waals surface area (Å²) in [5.41, 5.74) is -3.35. The van der Waals surface area contributed by atoms with E-state index >= 15 is 0 Å². The van der Waals surface area contributed by atoms with Crippen LogP contribution in [0.15, 0.2) is 28.9 Å². The molecule has 1 amide bonds. The average Bonchev–Trinajstić information content (AvgIpc) is 2.77.